The molecule has 5 rings (SSSR count). The number of benzene rings is 1. The second kappa shape index (κ2) is 9.90. The standard InChI is InChI=1S/C25H29Cl2N7O/c1-15(35)11-32-7-3-4-17(12-32)18-13-33(14-18)23-10-29-24-22(9-28)31-34(25(24)30-23)16(2)20-6-5-19(26)8-21(20)27/h5-6,8,10,15-18,35H,3-4,7,11-14H2,1-2H3/t15?,16-,17+/m1/s1. The number of aromatic nitrogens is 4. The van der Waals surface area contributed by atoms with Crippen LogP contribution in [0.1, 0.15) is 44.0 Å². The molecule has 3 atom stereocenters. The average molecular weight is 514 g/mol. The molecular weight excluding hydrogens is 485 g/mol. The molecule has 0 saturated carbocycles. The number of nitrogens with zero attached hydrogens (tertiary/aromatic N) is 7. The molecule has 2 aromatic heterocycles. The van der Waals surface area contributed by atoms with E-state index in [9.17, 15) is 10.4 Å². The van der Waals surface area contributed by atoms with Crippen LogP contribution in [0.3, 0.4) is 0 Å². The summed E-state index contributed by atoms with van der Waals surface area (Å²) in [6, 6.07) is 7.26. The Balaban J connectivity index is 1.36. The lowest BCUT2D eigenvalue weighted by atomic mass is 9.80. The van der Waals surface area contributed by atoms with E-state index in [1.165, 1.54) is 12.8 Å². The number of rotatable bonds is 6. The highest BCUT2D eigenvalue weighted by Crippen LogP contribution is 2.35. The van der Waals surface area contributed by atoms with Crippen LogP contribution in [0.2, 0.25) is 10.0 Å². The first-order chi connectivity index (χ1) is 16.8. The summed E-state index contributed by atoms with van der Waals surface area (Å²) in [4.78, 5) is 14.1. The number of piperidine rings is 1. The molecule has 10 heteroatoms. The van der Waals surface area contributed by atoms with Crippen molar-refractivity contribution in [2.45, 2.75) is 38.8 Å². The minimum atomic E-state index is -0.290. The molecule has 2 aliphatic heterocycles. The van der Waals surface area contributed by atoms with Crippen molar-refractivity contribution in [2.75, 3.05) is 37.6 Å². The van der Waals surface area contributed by atoms with Crippen LogP contribution in [0, 0.1) is 23.2 Å². The van der Waals surface area contributed by atoms with E-state index in [4.69, 9.17) is 28.2 Å². The van der Waals surface area contributed by atoms with E-state index >= 15 is 0 Å². The van der Waals surface area contributed by atoms with Crippen molar-refractivity contribution in [3.05, 3.63) is 45.7 Å². The Kier molecular flexibility index (Phi) is 6.86. The van der Waals surface area contributed by atoms with Gasteiger partial charge in [-0.25, -0.2) is 14.6 Å². The number of aliphatic hydroxyl groups is 1. The number of fused-ring (bicyclic) bond motifs is 1. The summed E-state index contributed by atoms with van der Waals surface area (Å²) < 4.78 is 1.73. The fourth-order valence-electron chi connectivity index (χ4n) is 5.38. The number of aliphatic hydroxyl groups excluding tert-OH is 1. The molecule has 3 aromatic rings. The molecule has 0 radical (unpaired) electrons. The summed E-state index contributed by atoms with van der Waals surface area (Å²) in [6.45, 7) is 8.56. The van der Waals surface area contributed by atoms with Gasteiger partial charge in [0.1, 0.15) is 17.4 Å². The van der Waals surface area contributed by atoms with Gasteiger partial charge in [0.2, 0.25) is 0 Å². The van der Waals surface area contributed by atoms with Gasteiger partial charge in [-0.3, -0.25) is 0 Å². The summed E-state index contributed by atoms with van der Waals surface area (Å²) in [7, 11) is 0. The molecule has 1 aromatic carbocycles. The highest BCUT2D eigenvalue weighted by atomic mass is 35.5. The molecule has 4 heterocycles. The van der Waals surface area contributed by atoms with Crippen LogP contribution >= 0.6 is 23.2 Å². The number of anilines is 1. The number of β-amino-alcohol motifs (C(OH)–C–C–N with tert-alkyl or cyclic N) is 1. The highest BCUT2D eigenvalue weighted by Gasteiger charge is 2.37. The fraction of sp³-hybridized carbons (Fsp3) is 0.520. The Bertz CT molecular complexity index is 1260. The van der Waals surface area contributed by atoms with Crippen molar-refractivity contribution in [1.29, 1.82) is 5.26 Å². The zero-order valence-corrected chi connectivity index (χ0v) is 21.4. The minimum absolute atomic E-state index is 0.248. The highest BCUT2D eigenvalue weighted by molar-refractivity contribution is 6.35. The molecule has 184 valence electrons. The van der Waals surface area contributed by atoms with Gasteiger partial charge in [0.15, 0.2) is 11.3 Å². The molecule has 0 bridgehead atoms. The third kappa shape index (κ3) is 4.83. The van der Waals surface area contributed by atoms with Crippen molar-refractivity contribution in [3.63, 3.8) is 0 Å². The zero-order chi connectivity index (χ0) is 24.7. The molecule has 0 amide bonds. The van der Waals surface area contributed by atoms with E-state index < -0.39 is 0 Å². The second-order valence-corrected chi connectivity index (χ2v) is 10.7. The molecule has 35 heavy (non-hydrogen) atoms. The number of likely N-dealkylation sites (tertiary alicyclic amines) is 1. The van der Waals surface area contributed by atoms with Crippen molar-refractivity contribution in [3.8, 4) is 6.07 Å². The van der Waals surface area contributed by atoms with Crippen LogP contribution in [-0.2, 0) is 0 Å². The van der Waals surface area contributed by atoms with Crippen molar-refractivity contribution >= 4 is 40.2 Å². The summed E-state index contributed by atoms with van der Waals surface area (Å²) in [5, 5.41) is 25.0. The van der Waals surface area contributed by atoms with Crippen LogP contribution in [-0.4, -0.2) is 68.6 Å². The summed E-state index contributed by atoms with van der Waals surface area (Å²) in [6.07, 6.45) is 3.87. The average Bonchev–Trinajstić information content (AvgIpc) is 3.16. The Labute approximate surface area is 215 Å². The molecule has 8 nitrogen and oxygen atoms in total. The predicted molar refractivity (Wildman–Crippen MR) is 137 cm³/mol. The van der Waals surface area contributed by atoms with Gasteiger partial charge >= 0.3 is 0 Å². The molecule has 0 spiro atoms. The lowest BCUT2D eigenvalue weighted by Gasteiger charge is -2.47. The van der Waals surface area contributed by atoms with Crippen molar-refractivity contribution in [2.24, 2.45) is 11.8 Å². The van der Waals surface area contributed by atoms with Gasteiger partial charge in [0.05, 0.1) is 18.3 Å². The topological polar surface area (TPSA) is 94.1 Å². The molecule has 0 aliphatic carbocycles. The van der Waals surface area contributed by atoms with Crippen LogP contribution in [0.25, 0.3) is 11.2 Å². The Hall–Kier alpha value is -2.44. The number of nitriles is 1. The maximum atomic E-state index is 9.75. The third-order valence-electron chi connectivity index (χ3n) is 7.24. The Morgan fingerprint density at radius 3 is 2.71 bits per heavy atom. The van der Waals surface area contributed by atoms with Gasteiger partial charge in [-0.2, -0.15) is 10.4 Å². The monoisotopic (exact) mass is 513 g/mol. The molecule has 1 N–H and O–H groups in total. The normalized spacial score (nSPS) is 21.0. The predicted octanol–water partition coefficient (Wildman–Crippen LogP) is 4.14. The van der Waals surface area contributed by atoms with E-state index in [1.807, 2.05) is 19.9 Å². The molecular formula is C25H29Cl2N7O. The second-order valence-electron chi connectivity index (χ2n) is 9.82. The lowest BCUT2D eigenvalue weighted by molar-refractivity contribution is 0.0725. The van der Waals surface area contributed by atoms with Gasteiger partial charge < -0.3 is 14.9 Å². The maximum Gasteiger partial charge on any atom is 0.190 e. The number of hydrogen-bond donors (Lipinski definition) is 1. The third-order valence-corrected chi connectivity index (χ3v) is 7.80. The molecule has 2 saturated heterocycles. The van der Waals surface area contributed by atoms with Crippen molar-refractivity contribution in [1.82, 2.24) is 24.6 Å². The van der Waals surface area contributed by atoms with Crippen LogP contribution < -0.4 is 4.90 Å². The molecule has 1 unspecified atom stereocenters. The summed E-state index contributed by atoms with van der Waals surface area (Å²) in [5.74, 6) is 2.04. The van der Waals surface area contributed by atoms with Gasteiger partial charge in [0.25, 0.3) is 0 Å². The minimum Gasteiger partial charge on any atom is -0.392 e. The van der Waals surface area contributed by atoms with Gasteiger partial charge in [-0.05, 0) is 62.8 Å². The maximum absolute atomic E-state index is 9.75. The van der Waals surface area contributed by atoms with E-state index in [-0.39, 0.29) is 17.8 Å². The van der Waals surface area contributed by atoms with Gasteiger partial charge in [-0.1, -0.05) is 29.3 Å². The summed E-state index contributed by atoms with van der Waals surface area (Å²) >= 11 is 12.5. The smallest absolute Gasteiger partial charge is 0.190 e. The number of hydrogen-bond acceptors (Lipinski definition) is 7. The number of halogens is 2. The molecule has 2 fully saturated rings. The zero-order valence-electron chi connectivity index (χ0n) is 19.9. The van der Waals surface area contributed by atoms with E-state index in [1.54, 1.807) is 23.0 Å². The first-order valence-electron chi connectivity index (χ1n) is 12.1. The van der Waals surface area contributed by atoms with Crippen LogP contribution in [0.15, 0.2) is 24.4 Å². The van der Waals surface area contributed by atoms with Gasteiger partial charge in [-0.15, -0.1) is 0 Å². The van der Waals surface area contributed by atoms with Crippen LogP contribution in [0.4, 0.5) is 5.82 Å². The Morgan fingerprint density at radius 1 is 1.20 bits per heavy atom. The summed E-state index contributed by atoms with van der Waals surface area (Å²) in [5.41, 5.74) is 2.16. The first kappa shape index (κ1) is 24.3. The lowest BCUT2D eigenvalue weighted by Crippen LogP contribution is -2.54. The first-order valence-corrected chi connectivity index (χ1v) is 12.8. The molecule has 2 aliphatic rings. The quantitative estimate of drug-likeness (QED) is 0.528. The SMILES string of the molecule is CC(O)CN1CCC[C@H](C2CN(c3cnc4c(C#N)nn([C@H](C)c5ccc(Cl)cc5Cl)c4n3)C2)C1. The van der Waals surface area contributed by atoms with E-state index in [2.05, 4.69) is 26.0 Å². The van der Waals surface area contributed by atoms with Gasteiger partial charge in [0, 0.05) is 36.2 Å². The fourth-order valence-corrected chi connectivity index (χ4v) is 5.95. The largest absolute Gasteiger partial charge is 0.392 e. The van der Waals surface area contributed by atoms with Crippen LogP contribution in [0.5, 0.6) is 0 Å². The van der Waals surface area contributed by atoms with E-state index in [0.717, 1.165) is 44.1 Å². The Morgan fingerprint density at radius 2 is 2.00 bits per heavy atom. The van der Waals surface area contributed by atoms with E-state index in [0.29, 0.717) is 33.0 Å². The van der Waals surface area contributed by atoms with Crippen molar-refractivity contribution < 1.29 is 5.11 Å².